The van der Waals surface area contributed by atoms with Crippen LogP contribution in [0.2, 0.25) is 0 Å². The van der Waals surface area contributed by atoms with Crippen LogP contribution in [0.4, 0.5) is 17.6 Å². The van der Waals surface area contributed by atoms with Crippen molar-refractivity contribution < 1.29 is 9.53 Å². The fourth-order valence-electron chi connectivity index (χ4n) is 2.34. The molecule has 7 nitrogen and oxygen atoms in total. The van der Waals surface area contributed by atoms with Gasteiger partial charge in [-0.2, -0.15) is 15.0 Å². The van der Waals surface area contributed by atoms with Gasteiger partial charge in [0.25, 0.3) is 0 Å². The molecule has 0 aliphatic heterocycles. The number of carbonyl (C=O) groups is 1. The van der Waals surface area contributed by atoms with E-state index in [-0.39, 0.29) is 11.7 Å². The summed E-state index contributed by atoms with van der Waals surface area (Å²) in [5, 5.41) is 3.09. The first-order valence-electron chi connectivity index (χ1n) is 8.12. The van der Waals surface area contributed by atoms with Crippen molar-refractivity contribution in [1.82, 2.24) is 15.0 Å². The summed E-state index contributed by atoms with van der Waals surface area (Å²) in [5.74, 6) is 1.36. The van der Waals surface area contributed by atoms with E-state index in [0.717, 1.165) is 5.69 Å². The minimum Gasteiger partial charge on any atom is -0.483 e. The molecule has 0 amide bonds. The van der Waals surface area contributed by atoms with Crippen molar-refractivity contribution in [3.63, 3.8) is 0 Å². The van der Waals surface area contributed by atoms with Crippen LogP contribution >= 0.6 is 0 Å². The van der Waals surface area contributed by atoms with Gasteiger partial charge in [-0.05, 0) is 38.1 Å². The fraction of sp³-hybridized carbons (Fsp3) is 0.158. The highest BCUT2D eigenvalue weighted by Crippen LogP contribution is 2.22. The number of anilines is 3. The van der Waals surface area contributed by atoms with Crippen LogP contribution in [0.1, 0.15) is 36.1 Å². The number of para-hydroxylation sites is 1. The Kier molecular flexibility index (Phi) is 5.07. The van der Waals surface area contributed by atoms with E-state index in [9.17, 15) is 4.79 Å². The molecular weight excluding hydrogens is 330 g/mol. The molecule has 0 spiro atoms. The molecule has 0 radical (unpaired) electrons. The standard InChI is InChI=1S/C19H19N5O2/c1-12(25)14-7-6-10-16(11-14)26-13(2)17-22-18(20)24-19(23-17)21-15-8-4-3-5-9-15/h3-11,13H,1-2H3,(H3,20,21,22,23,24). The van der Waals surface area contributed by atoms with Gasteiger partial charge < -0.3 is 15.8 Å². The number of nitrogens with two attached hydrogens (primary N) is 1. The zero-order chi connectivity index (χ0) is 18.5. The summed E-state index contributed by atoms with van der Waals surface area (Å²) in [5.41, 5.74) is 7.23. The fourth-order valence-corrected chi connectivity index (χ4v) is 2.34. The molecule has 7 heteroatoms. The molecule has 0 saturated carbocycles. The van der Waals surface area contributed by atoms with Crippen LogP contribution in [0.25, 0.3) is 0 Å². The number of ketones is 1. The van der Waals surface area contributed by atoms with E-state index >= 15 is 0 Å². The monoisotopic (exact) mass is 349 g/mol. The molecule has 1 aromatic heterocycles. The van der Waals surface area contributed by atoms with Crippen molar-refractivity contribution in [1.29, 1.82) is 0 Å². The van der Waals surface area contributed by atoms with Gasteiger partial charge in [0.15, 0.2) is 17.7 Å². The number of nitrogens with zero attached hydrogens (tertiary/aromatic N) is 3. The summed E-state index contributed by atoms with van der Waals surface area (Å²) < 4.78 is 5.86. The highest BCUT2D eigenvalue weighted by atomic mass is 16.5. The van der Waals surface area contributed by atoms with Gasteiger partial charge in [-0.15, -0.1) is 0 Å². The molecule has 3 N–H and O–H groups in total. The zero-order valence-electron chi connectivity index (χ0n) is 14.5. The molecule has 3 aromatic rings. The van der Waals surface area contributed by atoms with Gasteiger partial charge in [-0.25, -0.2) is 0 Å². The summed E-state index contributed by atoms with van der Waals surface area (Å²) in [7, 11) is 0. The number of nitrogen functional groups attached to an aromatic ring is 1. The van der Waals surface area contributed by atoms with Gasteiger partial charge in [-0.3, -0.25) is 4.79 Å². The van der Waals surface area contributed by atoms with E-state index in [4.69, 9.17) is 10.5 Å². The predicted octanol–water partition coefficient (Wildman–Crippen LogP) is 3.54. The molecule has 0 aliphatic carbocycles. The van der Waals surface area contributed by atoms with Gasteiger partial charge in [0.2, 0.25) is 11.9 Å². The van der Waals surface area contributed by atoms with Crippen molar-refractivity contribution >= 4 is 23.4 Å². The second-order valence-electron chi connectivity index (χ2n) is 5.71. The first-order chi connectivity index (χ1) is 12.5. The number of aromatic nitrogens is 3. The summed E-state index contributed by atoms with van der Waals surface area (Å²) >= 11 is 0. The van der Waals surface area contributed by atoms with Crippen LogP contribution in [-0.4, -0.2) is 20.7 Å². The van der Waals surface area contributed by atoms with Crippen molar-refractivity contribution in [2.24, 2.45) is 0 Å². The molecule has 132 valence electrons. The van der Waals surface area contributed by atoms with Gasteiger partial charge in [-0.1, -0.05) is 30.3 Å². The van der Waals surface area contributed by atoms with Crippen molar-refractivity contribution in [3.8, 4) is 5.75 Å². The number of Topliss-reactive ketones (excluding diaryl/α,β-unsaturated/α-hetero) is 1. The Morgan fingerprint density at radius 1 is 1.08 bits per heavy atom. The third-order valence-corrected chi connectivity index (χ3v) is 3.62. The molecule has 1 heterocycles. The number of ether oxygens (including phenoxy) is 1. The molecule has 3 rings (SSSR count). The maximum atomic E-state index is 11.5. The van der Waals surface area contributed by atoms with Gasteiger partial charge in [0, 0.05) is 11.3 Å². The quantitative estimate of drug-likeness (QED) is 0.656. The Hall–Kier alpha value is -3.48. The van der Waals surface area contributed by atoms with E-state index in [1.807, 2.05) is 37.3 Å². The van der Waals surface area contributed by atoms with Crippen LogP contribution in [0.3, 0.4) is 0 Å². The lowest BCUT2D eigenvalue weighted by Crippen LogP contribution is -2.13. The topological polar surface area (TPSA) is 103 Å². The number of carbonyl (C=O) groups excluding carboxylic acids is 1. The molecule has 0 fully saturated rings. The third kappa shape index (κ3) is 4.32. The van der Waals surface area contributed by atoms with Crippen molar-refractivity contribution in [2.45, 2.75) is 20.0 Å². The highest BCUT2D eigenvalue weighted by molar-refractivity contribution is 5.94. The maximum absolute atomic E-state index is 11.5. The van der Waals surface area contributed by atoms with Crippen LogP contribution in [-0.2, 0) is 0 Å². The number of nitrogens with one attached hydrogen (secondary N) is 1. The normalized spacial score (nSPS) is 11.6. The van der Waals surface area contributed by atoms with Crippen molar-refractivity contribution in [3.05, 3.63) is 66.0 Å². The Morgan fingerprint density at radius 3 is 2.58 bits per heavy atom. The van der Waals surface area contributed by atoms with E-state index in [1.54, 1.807) is 24.3 Å². The minimum atomic E-state index is -0.473. The SMILES string of the molecule is CC(=O)c1cccc(OC(C)c2nc(N)nc(Nc3ccccc3)n2)c1. The summed E-state index contributed by atoms with van der Waals surface area (Å²) in [4.78, 5) is 24.1. The van der Waals surface area contributed by atoms with Crippen LogP contribution < -0.4 is 15.8 Å². The lowest BCUT2D eigenvalue weighted by Gasteiger charge is -2.15. The van der Waals surface area contributed by atoms with Crippen LogP contribution in [0.15, 0.2) is 54.6 Å². The Balaban J connectivity index is 1.80. The van der Waals surface area contributed by atoms with Gasteiger partial charge in [0.1, 0.15) is 5.75 Å². The average Bonchev–Trinajstić information content (AvgIpc) is 2.62. The number of hydrogen-bond donors (Lipinski definition) is 2. The van der Waals surface area contributed by atoms with Gasteiger partial charge in [0.05, 0.1) is 0 Å². The second kappa shape index (κ2) is 7.60. The number of rotatable bonds is 6. The molecule has 0 bridgehead atoms. The van der Waals surface area contributed by atoms with E-state index < -0.39 is 6.10 Å². The third-order valence-electron chi connectivity index (χ3n) is 3.62. The Bertz CT molecular complexity index is 915. The molecule has 26 heavy (non-hydrogen) atoms. The maximum Gasteiger partial charge on any atom is 0.232 e. The first kappa shape index (κ1) is 17.3. The molecule has 1 atom stereocenters. The molecule has 0 aliphatic rings. The van der Waals surface area contributed by atoms with E-state index in [2.05, 4.69) is 20.3 Å². The molecular formula is C19H19N5O2. The van der Waals surface area contributed by atoms with E-state index in [0.29, 0.717) is 23.1 Å². The lowest BCUT2D eigenvalue weighted by molar-refractivity contribution is 0.101. The molecule has 2 aromatic carbocycles. The molecule has 0 saturated heterocycles. The Labute approximate surface area is 151 Å². The summed E-state index contributed by atoms with van der Waals surface area (Å²) in [6.45, 7) is 3.32. The smallest absolute Gasteiger partial charge is 0.232 e. The zero-order valence-corrected chi connectivity index (χ0v) is 14.5. The summed E-state index contributed by atoms with van der Waals surface area (Å²) in [6, 6.07) is 16.5. The Morgan fingerprint density at radius 2 is 1.85 bits per heavy atom. The van der Waals surface area contributed by atoms with E-state index in [1.165, 1.54) is 6.92 Å². The number of benzene rings is 2. The second-order valence-corrected chi connectivity index (χ2v) is 5.71. The van der Waals surface area contributed by atoms with Gasteiger partial charge >= 0.3 is 0 Å². The average molecular weight is 349 g/mol. The first-order valence-corrected chi connectivity index (χ1v) is 8.12. The number of hydrogen-bond acceptors (Lipinski definition) is 7. The highest BCUT2D eigenvalue weighted by Gasteiger charge is 2.14. The van der Waals surface area contributed by atoms with Crippen LogP contribution in [0, 0.1) is 0 Å². The summed E-state index contributed by atoms with van der Waals surface area (Å²) in [6.07, 6.45) is -0.473. The molecule has 1 unspecified atom stereocenters. The minimum absolute atomic E-state index is 0.0261. The van der Waals surface area contributed by atoms with Crippen LogP contribution in [0.5, 0.6) is 5.75 Å². The largest absolute Gasteiger partial charge is 0.483 e. The lowest BCUT2D eigenvalue weighted by atomic mass is 10.1. The van der Waals surface area contributed by atoms with Crippen molar-refractivity contribution in [2.75, 3.05) is 11.1 Å². The predicted molar refractivity (Wildman–Crippen MR) is 99.5 cm³/mol.